The highest BCUT2D eigenvalue weighted by Gasteiger charge is 2.23. The van der Waals surface area contributed by atoms with Crippen LogP contribution >= 0.6 is 23.1 Å². The van der Waals surface area contributed by atoms with Crippen LogP contribution in [0.15, 0.2) is 34.2 Å². The number of benzene rings is 1. The van der Waals surface area contributed by atoms with E-state index in [1.807, 2.05) is 35.9 Å². The molecule has 0 saturated heterocycles. The smallest absolute Gasteiger partial charge is 0.267 e. The molecule has 0 saturated carbocycles. The van der Waals surface area contributed by atoms with Gasteiger partial charge in [0.1, 0.15) is 4.83 Å². The number of tetrazole rings is 1. The summed E-state index contributed by atoms with van der Waals surface area (Å²) in [4.78, 5) is 20.9. The number of hydrogen-bond acceptors (Lipinski definition) is 7. The van der Waals surface area contributed by atoms with Crippen molar-refractivity contribution in [2.45, 2.75) is 63.4 Å². The first-order valence-electron chi connectivity index (χ1n) is 10.7. The molecule has 31 heavy (non-hydrogen) atoms. The zero-order chi connectivity index (χ0) is 21.4. The maximum absolute atomic E-state index is 13.8. The number of thioether (sulfide) groups is 1. The summed E-state index contributed by atoms with van der Waals surface area (Å²) in [5, 5.41) is 13.6. The SMILES string of the molecule is CCCn1nnnc1CSc1nc2sc3c(c2c(=O)n1-c1ccc(C)cc1)CCCC3. The van der Waals surface area contributed by atoms with Crippen molar-refractivity contribution < 1.29 is 0 Å². The molecule has 0 spiro atoms. The lowest BCUT2D eigenvalue weighted by Crippen LogP contribution is -2.22. The number of aromatic nitrogens is 6. The lowest BCUT2D eigenvalue weighted by Gasteiger charge is -2.14. The molecule has 1 aromatic carbocycles. The lowest BCUT2D eigenvalue weighted by molar-refractivity contribution is 0.564. The molecule has 1 aliphatic rings. The monoisotopic (exact) mass is 452 g/mol. The molecule has 9 heteroatoms. The number of hydrogen-bond donors (Lipinski definition) is 0. The lowest BCUT2D eigenvalue weighted by atomic mass is 9.97. The second-order valence-corrected chi connectivity index (χ2v) is 9.89. The van der Waals surface area contributed by atoms with Gasteiger partial charge in [0.25, 0.3) is 5.56 Å². The van der Waals surface area contributed by atoms with Gasteiger partial charge in [0.15, 0.2) is 11.0 Å². The molecule has 0 amide bonds. The highest BCUT2D eigenvalue weighted by molar-refractivity contribution is 7.98. The Morgan fingerprint density at radius 2 is 1.97 bits per heavy atom. The van der Waals surface area contributed by atoms with Crippen molar-refractivity contribution in [3.63, 3.8) is 0 Å². The predicted molar refractivity (Wildman–Crippen MR) is 124 cm³/mol. The molecular formula is C22H24N6OS2. The number of thiophene rings is 1. The summed E-state index contributed by atoms with van der Waals surface area (Å²) < 4.78 is 3.59. The first kappa shape index (κ1) is 20.4. The van der Waals surface area contributed by atoms with E-state index in [0.29, 0.717) is 10.9 Å². The van der Waals surface area contributed by atoms with Gasteiger partial charge in [-0.3, -0.25) is 9.36 Å². The summed E-state index contributed by atoms with van der Waals surface area (Å²) in [7, 11) is 0. The molecular weight excluding hydrogens is 428 g/mol. The summed E-state index contributed by atoms with van der Waals surface area (Å²) >= 11 is 3.20. The van der Waals surface area contributed by atoms with Crippen molar-refractivity contribution >= 4 is 33.3 Å². The van der Waals surface area contributed by atoms with Gasteiger partial charge in [-0.2, -0.15) is 0 Å². The van der Waals surface area contributed by atoms with Crippen molar-refractivity contribution in [3.05, 3.63) is 56.4 Å². The zero-order valence-electron chi connectivity index (χ0n) is 17.7. The molecule has 0 unspecified atom stereocenters. The van der Waals surface area contributed by atoms with Crippen LogP contribution in [-0.2, 0) is 25.1 Å². The average molecular weight is 453 g/mol. The Bertz CT molecular complexity index is 1290. The molecule has 0 fully saturated rings. The minimum atomic E-state index is 0.0314. The van der Waals surface area contributed by atoms with E-state index in [1.54, 1.807) is 15.9 Å². The van der Waals surface area contributed by atoms with Crippen molar-refractivity contribution in [1.82, 2.24) is 29.8 Å². The Hall–Kier alpha value is -2.52. The second kappa shape index (κ2) is 8.55. The van der Waals surface area contributed by atoms with E-state index >= 15 is 0 Å². The molecule has 7 nitrogen and oxygen atoms in total. The minimum Gasteiger partial charge on any atom is -0.268 e. The van der Waals surface area contributed by atoms with Crippen LogP contribution in [0.25, 0.3) is 15.9 Å². The van der Waals surface area contributed by atoms with E-state index in [2.05, 4.69) is 22.4 Å². The van der Waals surface area contributed by atoms with E-state index in [0.717, 1.165) is 59.5 Å². The summed E-state index contributed by atoms with van der Waals surface area (Å²) in [6.07, 6.45) is 5.31. The molecule has 3 heterocycles. The predicted octanol–water partition coefficient (Wildman–Crippen LogP) is 4.32. The van der Waals surface area contributed by atoms with Crippen LogP contribution in [0.5, 0.6) is 0 Å². The molecule has 0 bridgehead atoms. The van der Waals surface area contributed by atoms with Gasteiger partial charge in [-0.25, -0.2) is 9.67 Å². The number of aryl methyl sites for hydroxylation is 4. The van der Waals surface area contributed by atoms with Crippen LogP contribution in [0.1, 0.15) is 48.0 Å². The van der Waals surface area contributed by atoms with Crippen LogP contribution < -0.4 is 5.56 Å². The van der Waals surface area contributed by atoms with Gasteiger partial charge in [0.05, 0.1) is 16.8 Å². The molecule has 3 aromatic heterocycles. The first-order valence-corrected chi connectivity index (χ1v) is 12.5. The fourth-order valence-electron chi connectivity index (χ4n) is 4.05. The molecule has 4 aromatic rings. The third-order valence-electron chi connectivity index (χ3n) is 5.62. The van der Waals surface area contributed by atoms with Gasteiger partial charge < -0.3 is 0 Å². The Morgan fingerprint density at radius 3 is 2.77 bits per heavy atom. The fraction of sp³-hybridized carbons (Fsp3) is 0.409. The Balaban J connectivity index is 1.63. The van der Waals surface area contributed by atoms with Gasteiger partial charge in [0.2, 0.25) is 0 Å². The van der Waals surface area contributed by atoms with Crippen molar-refractivity contribution in [1.29, 1.82) is 0 Å². The summed E-state index contributed by atoms with van der Waals surface area (Å²) in [6, 6.07) is 8.05. The van der Waals surface area contributed by atoms with Gasteiger partial charge in [-0.1, -0.05) is 36.4 Å². The van der Waals surface area contributed by atoms with Crippen LogP contribution in [0, 0.1) is 6.92 Å². The standard InChI is InChI=1S/C22H24N6OS2/c1-3-12-27-18(24-25-26-27)13-30-22-23-20-19(16-6-4-5-7-17(16)31-20)21(29)28(22)15-10-8-14(2)9-11-15/h8-11H,3-7,12-13H2,1-2H3. The molecule has 0 aliphatic heterocycles. The van der Waals surface area contributed by atoms with Crippen molar-refractivity contribution in [2.75, 3.05) is 0 Å². The number of rotatable bonds is 6. The largest absolute Gasteiger partial charge is 0.268 e. The first-order chi connectivity index (χ1) is 15.2. The van der Waals surface area contributed by atoms with Gasteiger partial charge in [-0.05, 0) is 67.2 Å². The maximum atomic E-state index is 13.8. The highest BCUT2D eigenvalue weighted by Crippen LogP contribution is 2.35. The quantitative estimate of drug-likeness (QED) is 0.320. The normalized spacial score (nSPS) is 13.6. The highest BCUT2D eigenvalue weighted by atomic mass is 32.2. The minimum absolute atomic E-state index is 0.0314. The van der Waals surface area contributed by atoms with Gasteiger partial charge in [-0.15, -0.1) is 16.4 Å². The van der Waals surface area contributed by atoms with Crippen LogP contribution in [0.4, 0.5) is 0 Å². The topological polar surface area (TPSA) is 78.5 Å². The average Bonchev–Trinajstić information content (AvgIpc) is 3.37. The number of nitrogens with zero attached hydrogens (tertiary/aromatic N) is 6. The Labute approximate surface area is 188 Å². The fourth-order valence-corrected chi connectivity index (χ4v) is 6.29. The maximum Gasteiger partial charge on any atom is 0.267 e. The molecule has 1 aliphatic carbocycles. The van der Waals surface area contributed by atoms with Crippen LogP contribution in [-0.4, -0.2) is 29.8 Å². The second-order valence-electron chi connectivity index (χ2n) is 7.87. The Kier molecular flexibility index (Phi) is 5.62. The van der Waals surface area contributed by atoms with Crippen molar-refractivity contribution in [2.24, 2.45) is 0 Å². The molecule has 5 rings (SSSR count). The van der Waals surface area contributed by atoms with E-state index in [-0.39, 0.29) is 5.56 Å². The van der Waals surface area contributed by atoms with Gasteiger partial charge >= 0.3 is 0 Å². The van der Waals surface area contributed by atoms with E-state index in [4.69, 9.17) is 4.98 Å². The molecule has 0 atom stereocenters. The van der Waals surface area contributed by atoms with Crippen LogP contribution in [0.3, 0.4) is 0 Å². The third-order valence-corrected chi connectivity index (χ3v) is 7.74. The third kappa shape index (κ3) is 3.80. The zero-order valence-corrected chi connectivity index (χ0v) is 19.3. The van der Waals surface area contributed by atoms with Crippen LogP contribution in [0.2, 0.25) is 0 Å². The van der Waals surface area contributed by atoms with Crippen molar-refractivity contribution in [3.8, 4) is 5.69 Å². The Morgan fingerprint density at radius 1 is 1.16 bits per heavy atom. The summed E-state index contributed by atoms with van der Waals surface area (Å²) in [5.74, 6) is 1.35. The molecule has 0 N–H and O–H groups in total. The van der Waals surface area contributed by atoms with Gasteiger partial charge in [0, 0.05) is 11.4 Å². The molecule has 160 valence electrons. The van der Waals surface area contributed by atoms with E-state index < -0.39 is 0 Å². The summed E-state index contributed by atoms with van der Waals surface area (Å²) in [6.45, 7) is 4.92. The summed E-state index contributed by atoms with van der Waals surface area (Å²) in [5.41, 5.74) is 3.25. The van der Waals surface area contributed by atoms with E-state index in [1.165, 1.54) is 28.6 Å². The number of fused-ring (bicyclic) bond motifs is 3. The molecule has 0 radical (unpaired) electrons. The van der Waals surface area contributed by atoms with E-state index in [9.17, 15) is 4.79 Å².